The molecule has 0 spiro atoms. The van der Waals surface area contributed by atoms with E-state index in [2.05, 4.69) is 5.32 Å². The minimum Gasteiger partial charge on any atom is -0.488 e. The third-order valence-corrected chi connectivity index (χ3v) is 2.73. The molecule has 0 saturated carbocycles. The van der Waals surface area contributed by atoms with Crippen LogP contribution in [0.3, 0.4) is 0 Å². The van der Waals surface area contributed by atoms with Gasteiger partial charge in [0.15, 0.2) is 11.6 Å². The number of aliphatic hydroxyl groups is 1. The molecule has 19 heavy (non-hydrogen) atoms. The molecule has 0 radical (unpaired) electrons. The zero-order chi connectivity index (χ0) is 14.6. The summed E-state index contributed by atoms with van der Waals surface area (Å²) >= 11 is 0. The Balaban J connectivity index is 2.82. The molecule has 0 fully saturated rings. The molecule has 0 aliphatic rings. The Bertz CT molecular complexity index is 407. The average molecular weight is 269 g/mol. The summed E-state index contributed by atoms with van der Waals surface area (Å²) in [6.07, 6.45) is -0.822. The molecule has 1 aromatic rings. The second-order valence-electron chi connectivity index (χ2n) is 5.41. The van der Waals surface area contributed by atoms with Crippen LogP contribution in [0.25, 0.3) is 0 Å². The zero-order valence-corrected chi connectivity index (χ0v) is 12.3. The minimum atomic E-state index is -0.745. The fourth-order valence-electron chi connectivity index (χ4n) is 1.96. The molecule has 0 amide bonds. The Morgan fingerprint density at radius 3 is 2.26 bits per heavy atom. The van der Waals surface area contributed by atoms with E-state index in [-0.39, 0.29) is 23.9 Å². The third-order valence-electron chi connectivity index (χ3n) is 2.73. The van der Waals surface area contributed by atoms with E-state index in [0.29, 0.717) is 5.56 Å². The van der Waals surface area contributed by atoms with E-state index < -0.39 is 11.9 Å². The van der Waals surface area contributed by atoms with E-state index in [1.165, 1.54) is 6.07 Å². The fourth-order valence-corrected chi connectivity index (χ4v) is 1.96. The van der Waals surface area contributed by atoms with Crippen molar-refractivity contribution in [3.05, 3.63) is 29.6 Å². The maximum Gasteiger partial charge on any atom is 0.165 e. The molecule has 1 aromatic carbocycles. The molecule has 108 valence electrons. The number of halogens is 1. The van der Waals surface area contributed by atoms with Crippen molar-refractivity contribution < 1.29 is 14.2 Å². The first-order valence-corrected chi connectivity index (χ1v) is 6.71. The molecule has 0 aromatic heterocycles. The molecular formula is C15H24FNO2. The van der Waals surface area contributed by atoms with Crippen LogP contribution < -0.4 is 10.1 Å². The van der Waals surface area contributed by atoms with Gasteiger partial charge in [-0.2, -0.15) is 0 Å². The van der Waals surface area contributed by atoms with Crippen molar-refractivity contribution in [3.8, 4) is 5.75 Å². The summed E-state index contributed by atoms with van der Waals surface area (Å²) in [4.78, 5) is 0. The maximum absolute atomic E-state index is 13.8. The number of hydrogen-bond donors (Lipinski definition) is 2. The maximum atomic E-state index is 13.8. The number of rotatable bonds is 6. The molecule has 4 heteroatoms. The van der Waals surface area contributed by atoms with Crippen molar-refractivity contribution in [1.82, 2.24) is 5.32 Å². The summed E-state index contributed by atoms with van der Waals surface area (Å²) in [6.45, 7) is 9.57. The fraction of sp³-hybridized carbons (Fsp3) is 0.600. The lowest BCUT2D eigenvalue weighted by atomic mass is 10.0. The number of hydrogen-bond acceptors (Lipinski definition) is 3. The van der Waals surface area contributed by atoms with Crippen molar-refractivity contribution >= 4 is 0 Å². The largest absolute Gasteiger partial charge is 0.488 e. The summed E-state index contributed by atoms with van der Waals surface area (Å²) in [5.41, 5.74) is 0.550. The van der Waals surface area contributed by atoms with Crippen LogP contribution in [0.2, 0.25) is 0 Å². The van der Waals surface area contributed by atoms with Gasteiger partial charge in [0, 0.05) is 12.1 Å². The highest BCUT2D eigenvalue weighted by molar-refractivity contribution is 5.31. The Kier molecular flexibility index (Phi) is 5.76. The zero-order valence-electron chi connectivity index (χ0n) is 12.3. The van der Waals surface area contributed by atoms with Gasteiger partial charge in [-0.1, -0.05) is 19.9 Å². The number of aliphatic hydroxyl groups excluding tert-OH is 1. The van der Waals surface area contributed by atoms with Crippen LogP contribution in [-0.4, -0.2) is 23.3 Å². The summed E-state index contributed by atoms with van der Waals surface area (Å²) in [5.74, 6) is -0.225. The first-order chi connectivity index (χ1) is 8.81. The van der Waals surface area contributed by atoms with Crippen molar-refractivity contribution in [2.24, 2.45) is 0 Å². The smallest absolute Gasteiger partial charge is 0.165 e. The van der Waals surface area contributed by atoms with Gasteiger partial charge in [-0.25, -0.2) is 4.39 Å². The van der Waals surface area contributed by atoms with Crippen molar-refractivity contribution in [2.75, 3.05) is 0 Å². The normalized spacial score (nSPS) is 14.8. The topological polar surface area (TPSA) is 41.5 Å². The van der Waals surface area contributed by atoms with Crippen molar-refractivity contribution in [3.63, 3.8) is 0 Å². The lowest BCUT2D eigenvalue weighted by Crippen LogP contribution is -2.37. The summed E-state index contributed by atoms with van der Waals surface area (Å²) in [7, 11) is 0. The molecule has 2 N–H and O–H groups in total. The van der Waals surface area contributed by atoms with E-state index in [9.17, 15) is 9.50 Å². The molecular weight excluding hydrogens is 245 g/mol. The monoisotopic (exact) mass is 269 g/mol. The standard InChI is InChI=1S/C15H24FNO2/c1-9(2)17-11(5)15(18)12-6-7-14(13(16)8-12)19-10(3)4/h6-11,15,17-18H,1-5H3. The minimum absolute atomic E-state index is 0.0770. The van der Waals surface area contributed by atoms with Crippen molar-refractivity contribution in [2.45, 2.75) is 58.9 Å². The highest BCUT2D eigenvalue weighted by Crippen LogP contribution is 2.24. The first-order valence-electron chi connectivity index (χ1n) is 6.71. The van der Waals surface area contributed by atoms with Gasteiger partial charge in [-0.15, -0.1) is 0 Å². The molecule has 0 saturated heterocycles. The van der Waals surface area contributed by atoms with Crippen LogP contribution in [0.5, 0.6) is 5.75 Å². The van der Waals surface area contributed by atoms with Crippen molar-refractivity contribution in [1.29, 1.82) is 0 Å². The Morgan fingerprint density at radius 2 is 1.79 bits per heavy atom. The molecule has 2 unspecified atom stereocenters. The van der Waals surface area contributed by atoms with Gasteiger partial charge in [-0.05, 0) is 38.5 Å². The molecule has 0 bridgehead atoms. The van der Waals surface area contributed by atoms with Crippen LogP contribution in [0, 0.1) is 5.82 Å². The third kappa shape index (κ3) is 4.80. The molecule has 0 heterocycles. The predicted molar refractivity (Wildman–Crippen MR) is 74.9 cm³/mol. The van der Waals surface area contributed by atoms with Gasteiger partial charge < -0.3 is 15.2 Å². The van der Waals surface area contributed by atoms with E-state index in [1.807, 2.05) is 34.6 Å². The van der Waals surface area contributed by atoms with E-state index >= 15 is 0 Å². The molecule has 1 rings (SSSR count). The lowest BCUT2D eigenvalue weighted by Gasteiger charge is -2.23. The number of benzene rings is 1. The first kappa shape index (κ1) is 15.9. The quantitative estimate of drug-likeness (QED) is 0.834. The van der Waals surface area contributed by atoms with Gasteiger partial charge in [0.25, 0.3) is 0 Å². The average Bonchev–Trinajstić information content (AvgIpc) is 2.29. The summed E-state index contributed by atoms with van der Waals surface area (Å²) in [5, 5.41) is 13.4. The van der Waals surface area contributed by atoms with E-state index in [4.69, 9.17) is 4.74 Å². The highest BCUT2D eigenvalue weighted by Gasteiger charge is 2.18. The van der Waals surface area contributed by atoms with Gasteiger partial charge >= 0.3 is 0 Å². The highest BCUT2D eigenvalue weighted by atomic mass is 19.1. The van der Waals surface area contributed by atoms with Gasteiger partial charge in [0.2, 0.25) is 0 Å². The van der Waals surface area contributed by atoms with Gasteiger partial charge in [-0.3, -0.25) is 0 Å². The van der Waals surface area contributed by atoms with Crippen LogP contribution in [0.15, 0.2) is 18.2 Å². The molecule has 2 atom stereocenters. The van der Waals surface area contributed by atoms with E-state index in [1.54, 1.807) is 12.1 Å². The van der Waals surface area contributed by atoms with Gasteiger partial charge in [0.05, 0.1) is 12.2 Å². The summed E-state index contributed by atoms with van der Waals surface area (Å²) in [6, 6.07) is 4.72. The second-order valence-corrected chi connectivity index (χ2v) is 5.41. The number of ether oxygens (including phenoxy) is 1. The van der Waals surface area contributed by atoms with Gasteiger partial charge in [0.1, 0.15) is 0 Å². The molecule has 0 aliphatic carbocycles. The van der Waals surface area contributed by atoms with Crippen LogP contribution in [0.1, 0.15) is 46.3 Å². The second kappa shape index (κ2) is 6.87. The molecule has 0 aliphatic heterocycles. The summed E-state index contributed by atoms with van der Waals surface area (Å²) < 4.78 is 19.2. The Labute approximate surface area is 114 Å². The molecule has 3 nitrogen and oxygen atoms in total. The number of nitrogens with one attached hydrogen (secondary N) is 1. The van der Waals surface area contributed by atoms with Crippen LogP contribution in [0.4, 0.5) is 4.39 Å². The van der Waals surface area contributed by atoms with E-state index in [0.717, 1.165) is 0 Å². The van der Waals surface area contributed by atoms with Crippen LogP contribution in [-0.2, 0) is 0 Å². The van der Waals surface area contributed by atoms with Crippen LogP contribution >= 0.6 is 0 Å². The SMILES string of the molecule is CC(C)NC(C)C(O)c1ccc(OC(C)C)c(F)c1. The Morgan fingerprint density at radius 1 is 1.16 bits per heavy atom. The Hall–Kier alpha value is -1.13. The lowest BCUT2D eigenvalue weighted by molar-refractivity contribution is 0.131. The predicted octanol–water partition coefficient (Wildman–Crippen LogP) is 3.03.